The van der Waals surface area contributed by atoms with E-state index >= 15 is 0 Å². The maximum atomic E-state index is 12.7. The molecule has 1 aliphatic heterocycles. The van der Waals surface area contributed by atoms with Crippen molar-refractivity contribution in [3.8, 4) is 40.1 Å². The molecule has 4 aromatic rings. The SMILES string of the molecule is COc1ccc(-n2c(SCC(=O)Nc3ccc4c(c3)OCO4)nnc2-c2cccc(OC)c2)cc1. The molecule has 0 saturated heterocycles. The fourth-order valence-corrected chi connectivity index (χ4v) is 4.33. The Morgan fingerprint density at radius 3 is 2.57 bits per heavy atom. The number of ether oxygens (including phenoxy) is 4. The van der Waals surface area contributed by atoms with Crippen LogP contribution in [0.25, 0.3) is 17.1 Å². The maximum Gasteiger partial charge on any atom is 0.234 e. The number of benzene rings is 3. The minimum Gasteiger partial charge on any atom is -0.497 e. The van der Waals surface area contributed by atoms with E-state index in [1.807, 2.05) is 53.1 Å². The first-order valence-corrected chi connectivity index (χ1v) is 11.7. The van der Waals surface area contributed by atoms with Gasteiger partial charge in [-0.2, -0.15) is 0 Å². The number of nitrogens with one attached hydrogen (secondary N) is 1. The molecular formula is C25H22N4O5S. The van der Waals surface area contributed by atoms with Gasteiger partial charge in [0.1, 0.15) is 11.5 Å². The van der Waals surface area contributed by atoms with Gasteiger partial charge in [-0.25, -0.2) is 0 Å². The van der Waals surface area contributed by atoms with Crippen LogP contribution in [0.15, 0.2) is 71.9 Å². The van der Waals surface area contributed by atoms with E-state index in [4.69, 9.17) is 18.9 Å². The standard InChI is InChI=1S/C25H22N4O5S/c1-31-19-9-7-18(8-10-19)29-24(16-4-3-5-20(12-16)32-2)27-28-25(29)35-14-23(30)26-17-6-11-21-22(13-17)34-15-33-21/h3-13H,14-15H2,1-2H3,(H,26,30). The number of fused-ring (bicyclic) bond motifs is 1. The molecule has 1 aromatic heterocycles. The monoisotopic (exact) mass is 490 g/mol. The predicted molar refractivity (Wildman–Crippen MR) is 132 cm³/mol. The van der Waals surface area contributed by atoms with Gasteiger partial charge in [0.2, 0.25) is 12.7 Å². The fourth-order valence-electron chi connectivity index (χ4n) is 3.58. The molecule has 9 nitrogen and oxygen atoms in total. The molecule has 0 saturated carbocycles. The predicted octanol–water partition coefficient (Wildman–Crippen LogP) is 4.41. The van der Waals surface area contributed by atoms with E-state index in [0.717, 1.165) is 17.0 Å². The molecular weight excluding hydrogens is 468 g/mol. The van der Waals surface area contributed by atoms with Crippen LogP contribution in [0.1, 0.15) is 0 Å². The molecule has 0 unspecified atom stereocenters. The lowest BCUT2D eigenvalue weighted by Crippen LogP contribution is -2.14. The summed E-state index contributed by atoms with van der Waals surface area (Å²) in [4.78, 5) is 12.7. The first kappa shape index (κ1) is 22.6. The van der Waals surface area contributed by atoms with Gasteiger partial charge in [0.15, 0.2) is 22.5 Å². The highest BCUT2D eigenvalue weighted by Gasteiger charge is 2.19. The van der Waals surface area contributed by atoms with Crippen LogP contribution < -0.4 is 24.3 Å². The average molecular weight is 491 g/mol. The van der Waals surface area contributed by atoms with Crippen molar-refractivity contribution in [3.05, 3.63) is 66.7 Å². The number of nitrogens with zero attached hydrogens (tertiary/aromatic N) is 3. The number of thioether (sulfide) groups is 1. The van der Waals surface area contributed by atoms with Gasteiger partial charge in [0.25, 0.3) is 0 Å². The zero-order valence-electron chi connectivity index (χ0n) is 19.1. The summed E-state index contributed by atoms with van der Waals surface area (Å²) in [6.07, 6.45) is 0. The Kier molecular flexibility index (Phi) is 6.44. The van der Waals surface area contributed by atoms with Gasteiger partial charge in [-0.05, 0) is 48.5 Å². The van der Waals surface area contributed by atoms with Crippen molar-refractivity contribution in [2.45, 2.75) is 5.16 Å². The van der Waals surface area contributed by atoms with Crippen molar-refractivity contribution >= 4 is 23.4 Å². The molecule has 0 aliphatic carbocycles. The molecule has 0 spiro atoms. The minimum atomic E-state index is -0.180. The molecule has 10 heteroatoms. The Balaban J connectivity index is 1.39. The minimum absolute atomic E-state index is 0.140. The van der Waals surface area contributed by atoms with Gasteiger partial charge >= 0.3 is 0 Å². The third-order valence-electron chi connectivity index (χ3n) is 5.28. The Bertz CT molecular complexity index is 1360. The molecule has 0 radical (unpaired) electrons. The highest BCUT2D eigenvalue weighted by atomic mass is 32.2. The maximum absolute atomic E-state index is 12.7. The second kappa shape index (κ2) is 9.98. The van der Waals surface area contributed by atoms with Crippen molar-refractivity contribution in [1.29, 1.82) is 0 Å². The molecule has 1 aliphatic rings. The highest BCUT2D eigenvalue weighted by Crippen LogP contribution is 2.34. The fraction of sp³-hybridized carbons (Fsp3) is 0.160. The molecule has 35 heavy (non-hydrogen) atoms. The third kappa shape index (κ3) is 4.87. The van der Waals surface area contributed by atoms with Gasteiger partial charge < -0.3 is 24.3 Å². The third-order valence-corrected chi connectivity index (χ3v) is 6.21. The second-order valence-electron chi connectivity index (χ2n) is 7.48. The summed E-state index contributed by atoms with van der Waals surface area (Å²) < 4.78 is 23.3. The number of amides is 1. The van der Waals surface area contributed by atoms with E-state index in [-0.39, 0.29) is 18.5 Å². The van der Waals surface area contributed by atoms with Crippen molar-refractivity contribution in [1.82, 2.24) is 14.8 Å². The first-order chi connectivity index (χ1) is 17.1. The molecule has 0 bridgehead atoms. The van der Waals surface area contributed by atoms with Crippen molar-refractivity contribution < 1.29 is 23.7 Å². The van der Waals surface area contributed by atoms with Crippen molar-refractivity contribution in [2.75, 3.05) is 32.1 Å². The van der Waals surface area contributed by atoms with Gasteiger partial charge in [-0.3, -0.25) is 9.36 Å². The number of anilines is 1. The highest BCUT2D eigenvalue weighted by molar-refractivity contribution is 7.99. The number of rotatable bonds is 8. The summed E-state index contributed by atoms with van der Waals surface area (Å²) >= 11 is 1.29. The quantitative estimate of drug-likeness (QED) is 0.363. The zero-order valence-corrected chi connectivity index (χ0v) is 19.9. The summed E-state index contributed by atoms with van der Waals surface area (Å²) in [6.45, 7) is 0.180. The van der Waals surface area contributed by atoms with E-state index in [0.29, 0.717) is 33.9 Å². The molecule has 0 atom stereocenters. The van der Waals surface area contributed by atoms with Gasteiger partial charge in [-0.15, -0.1) is 10.2 Å². The van der Waals surface area contributed by atoms with Crippen LogP contribution in [0.5, 0.6) is 23.0 Å². The summed E-state index contributed by atoms with van der Waals surface area (Å²) in [5.41, 5.74) is 2.31. The lowest BCUT2D eigenvalue weighted by Gasteiger charge is -2.12. The van der Waals surface area contributed by atoms with E-state index in [1.165, 1.54) is 11.8 Å². The molecule has 1 amide bonds. The molecule has 178 valence electrons. The Hall–Kier alpha value is -4.18. The van der Waals surface area contributed by atoms with Crippen molar-refractivity contribution in [3.63, 3.8) is 0 Å². The lowest BCUT2D eigenvalue weighted by molar-refractivity contribution is -0.113. The summed E-state index contributed by atoms with van der Waals surface area (Å²) in [5.74, 6) is 3.31. The van der Waals surface area contributed by atoms with Crippen LogP contribution in [0.2, 0.25) is 0 Å². The lowest BCUT2D eigenvalue weighted by atomic mass is 10.2. The van der Waals surface area contributed by atoms with E-state index in [9.17, 15) is 4.79 Å². The number of methoxy groups -OCH3 is 2. The van der Waals surface area contributed by atoms with Crippen LogP contribution in [-0.4, -0.2) is 47.4 Å². The molecule has 0 fully saturated rings. The average Bonchev–Trinajstić information content (AvgIpc) is 3.54. The molecule has 2 heterocycles. The smallest absolute Gasteiger partial charge is 0.234 e. The van der Waals surface area contributed by atoms with E-state index < -0.39 is 0 Å². The van der Waals surface area contributed by atoms with E-state index in [1.54, 1.807) is 32.4 Å². The normalized spacial score (nSPS) is 11.8. The first-order valence-electron chi connectivity index (χ1n) is 10.7. The Morgan fingerprint density at radius 1 is 0.971 bits per heavy atom. The second-order valence-corrected chi connectivity index (χ2v) is 8.42. The Morgan fingerprint density at radius 2 is 1.77 bits per heavy atom. The van der Waals surface area contributed by atoms with Crippen LogP contribution in [-0.2, 0) is 4.79 Å². The molecule has 5 rings (SSSR count). The van der Waals surface area contributed by atoms with Gasteiger partial charge in [0.05, 0.1) is 20.0 Å². The largest absolute Gasteiger partial charge is 0.497 e. The van der Waals surface area contributed by atoms with Crippen LogP contribution in [0, 0.1) is 0 Å². The van der Waals surface area contributed by atoms with Crippen LogP contribution >= 0.6 is 11.8 Å². The van der Waals surface area contributed by atoms with Gasteiger partial charge in [0, 0.05) is 23.0 Å². The van der Waals surface area contributed by atoms with Gasteiger partial charge in [-0.1, -0.05) is 23.9 Å². The number of carbonyl (C=O) groups excluding carboxylic acids is 1. The summed E-state index contributed by atoms with van der Waals surface area (Å²) in [5, 5.41) is 12.3. The van der Waals surface area contributed by atoms with Crippen molar-refractivity contribution in [2.24, 2.45) is 0 Å². The number of carbonyl (C=O) groups is 1. The van der Waals surface area contributed by atoms with Crippen LogP contribution in [0.3, 0.4) is 0 Å². The Labute approximate surface area is 206 Å². The molecule has 1 N–H and O–H groups in total. The number of aromatic nitrogens is 3. The number of hydrogen-bond acceptors (Lipinski definition) is 8. The van der Waals surface area contributed by atoms with E-state index in [2.05, 4.69) is 15.5 Å². The van der Waals surface area contributed by atoms with Crippen LogP contribution in [0.4, 0.5) is 5.69 Å². The molecule has 3 aromatic carbocycles. The zero-order chi connectivity index (χ0) is 24.2. The topological polar surface area (TPSA) is 96.7 Å². The summed E-state index contributed by atoms with van der Waals surface area (Å²) in [6, 6.07) is 20.5. The summed E-state index contributed by atoms with van der Waals surface area (Å²) in [7, 11) is 3.24. The number of hydrogen-bond donors (Lipinski definition) is 1.